The summed E-state index contributed by atoms with van der Waals surface area (Å²) in [4.78, 5) is 4.29. The highest BCUT2D eigenvalue weighted by atomic mass is 32.2. The Hall–Kier alpha value is -1.12. The first-order valence-corrected chi connectivity index (χ1v) is 9.19. The van der Waals surface area contributed by atoms with Crippen molar-refractivity contribution >= 4 is 16.9 Å². The zero-order valence-electron chi connectivity index (χ0n) is 13.6. The first kappa shape index (κ1) is 17.7. The lowest BCUT2D eigenvalue weighted by molar-refractivity contribution is -0.188. The summed E-state index contributed by atoms with van der Waals surface area (Å²) in [6.45, 7) is 2.57. The number of nitrogens with one attached hydrogen (secondary N) is 1. The van der Waals surface area contributed by atoms with E-state index in [2.05, 4.69) is 10.3 Å². The van der Waals surface area contributed by atoms with Gasteiger partial charge in [-0.15, -0.1) is 0 Å². The van der Waals surface area contributed by atoms with Gasteiger partial charge in [-0.3, -0.25) is 4.99 Å². The smallest absolute Gasteiger partial charge is 0.159 e. The van der Waals surface area contributed by atoms with Gasteiger partial charge in [0.15, 0.2) is 5.17 Å². The Kier molecular flexibility index (Phi) is 5.78. The molecule has 0 aromatic heterocycles. The quantitative estimate of drug-likeness (QED) is 0.617. The summed E-state index contributed by atoms with van der Waals surface area (Å²) in [7, 11) is 0. The van der Waals surface area contributed by atoms with Crippen molar-refractivity contribution in [3.63, 3.8) is 0 Å². The van der Waals surface area contributed by atoms with E-state index in [1.54, 1.807) is 0 Å². The van der Waals surface area contributed by atoms with Gasteiger partial charge in [0.2, 0.25) is 0 Å². The van der Waals surface area contributed by atoms with Gasteiger partial charge in [0, 0.05) is 6.54 Å². The second-order valence-corrected chi connectivity index (χ2v) is 7.20. The van der Waals surface area contributed by atoms with Crippen molar-refractivity contribution in [1.29, 1.82) is 0 Å². The van der Waals surface area contributed by atoms with Crippen molar-refractivity contribution < 1.29 is 20.1 Å². The topological polar surface area (TPSA) is 94.3 Å². The second-order valence-electron chi connectivity index (χ2n) is 6.11. The molecule has 6 atom stereocenters. The lowest BCUT2D eigenvalue weighted by Gasteiger charge is -2.40. The molecule has 0 aliphatic carbocycles. The minimum atomic E-state index is -1.13. The maximum atomic E-state index is 10.5. The number of rotatable bonds is 5. The molecule has 24 heavy (non-hydrogen) atoms. The van der Waals surface area contributed by atoms with Gasteiger partial charge in [-0.2, -0.15) is 0 Å². The van der Waals surface area contributed by atoms with Crippen molar-refractivity contribution in [1.82, 2.24) is 5.32 Å². The number of ether oxygens (including phenoxy) is 1. The number of benzene rings is 1. The average Bonchev–Trinajstić information content (AvgIpc) is 3.00. The number of hydrogen-bond acceptors (Lipinski definition) is 6. The van der Waals surface area contributed by atoms with E-state index < -0.39 is 30.5 Å². The van der Waals surface area contributed by atoms with E-state index in [0.717, 1.165) is 5.56 Å². The Morgan fingerprint density at radius 1 is 1.25 bits per heavy atom. The van der Waals surface area contributed by atoms with Gasteiger partial charge >= 0.3 is 0 Å². The van der Waals surface area contributed by atoms with Crippen molar-refractivity contribution in [3.05, 3.63) is 35.9 Å². The molecule has 2 fully saturated rings. The molecule has 132 valence electrons. The predicted octanol–water partition coefficient (Wildman–Crippen LogP) is 0.508. The number of thioether (sulfide) groups is 1. The molecule has 2 saturated heterocycles. The zero-order chi connectivity index (χ0) is 17.1. The third-order valence-electron chi connectivity index (χ3n) is 4.41. The van der Waals surface area contributed by atoms with Crippen LogP contribution in [0.15, 0.2) is 35.3 Å². The van der Waals surface area contributed by atoms with Crippen LogP contribution in [0.25, 0.3) is 0 Å². The summed E-state index contributed by atoms with van der Waals surface area (Å²) in [5.74, 6) is 0. The summed E-state index contributed by atoms with van der Waals surface area (Å²) in [6, 6.07) is 9.45. The SMILES string of the molecule is CCN=C1N[C@@H]2[C@@H](O)[C@H](O)[C@@H]([C@@H](O)CCc3ccccc3)O[C@@H]2S1. The number of amidine groups is 1. The Morgan fingerprint density at radius 2 is 2.00 bits per heavy atom. The Morgan fingerprint density at radius 3 is 2.71 bits per heavy atom. The molecule has 0 unspecified atom stereocenters. The summed E-state index contributed by atoms with van der Waals surface area (Å²) in [5.41, 5.74) is 0.764. The first-order chi connectivity index (χ1) is 11.6. The second kappa shape index (κ2) is 7.84. The molecule has 0 bridgehead atoms. The molecule has 7 heteroatoms. The molecule has 0 amide bonds. The third kappa shape index (κ3) is 3.75. The molecule has 3 rings (SSSR count). The molecule has 0 saturated carbocycles. The molecule has 4 N–H and O–H groups in total. The van der Waals surface area contributed by atoms with Crippen LogP contribution >= 0.6 is 11.8 Å². The van der Waals surface area contributed by atoms with E-state index in [1.807, 2.05) is 37.3 Å². The lowest BCUT2D eigenvalue weighted by Crippen LogP contribution is -2.61. The van der Waals surface area contributed by atoms with Crippen LogP contribution in [0, 0.1) is 0 Å². The van der Waals surface area contributed by atoms with E-state index in [-0.39, 0.29) is 5.44 Å². The lowest BCUT2D eigenvalue weighted by atomic mass is 9.92. The highest BCUT2D eigenvalue weighted by molar-refractivity contribution is 8.14. The minimum Gasteiger partial charge on any atom is -0.390 e. The number of fused-ring (bicyclic) bond motifs is 1. The number of nitrogens with zero attached hydrogens (tertiary/aromatic N) is 1. The summed E-state index contributed by atoms with van der Waals surface area (Å²) in [5, 5.41) is 35.0. The fraction of sp³-hybridized carbons (Fsp3) is 0.588. The number of aryl methyl sites for hydroxylation is 1. The molecule has 0 radical (unpaired) electrons. The molecular formula is C17H24N2O4S. The van der Waals surface area contributed by atoms with Crippen molar-refractivity contribution in [2.75, 3.05) is 6.54 Å². The molecule has 1 aromatic rings. The number of aliphatic hydroxyl groups excluding tert-OH is 3. The predicted molar refractivity (Wildman–Crippen MR) is 93.9 cm³/mol. The van der Waals surface area contributed by atoms with Gasteiger partial charge < -0.3 is 25.4 Å². The van der Waals surface area contributed by atoms with Crippen molar-refractivity contribution in [2.24, 2.45) is 4.99 Å². The van der Waals surface area contributed by atoms with E-state index >= 15 is 0 Å². The zero-order valence-corrected chi connectivity index (χ0v) is 14.4. The fourth-order valence-corrected chi connectivity index (χ4v) is 4.28. The minimum absolute atomic E-state index is 0.356. The van der Waals surface area contributed by atoms with Gasteiger partial charge in [0.1, 0.15) is 23.7 Å². The largest absolute Gasteiger partial charge is 0.390 e. The van der Waals surface area contributed by atoms with E-state index in [9.17, 15) is 15.3 Å². The monoisotopic (exact) mass is 352 g/mol. The van der Waals surface area contributed by atoms with Crippen LogP contribution in [-0.4, -0.2) is 62.9 Å². The highest BCUT2D eigenvalue weighted by Crippen LogP contribution is 2.35. The van der Waals surface area contributed by atoms with Crippen LogP contribution < -0.4 is 5.32 Å². The number of aliphatic hydroxyl groups is 3. The maximum Gasteiger partial charge on any atom is 0.159 e. The summed E-state index contributed by atoms with van der Waals surface area (Å²) >= 11 is 1.40. The molecular weight excluding hydrogens is 328 g/mol. The molecule has 2 aliphatic heterocycles. The molecule has 0 spiro atoms. The Labute approximate surface area is 145 Å². The van der Waals surface area contributed by atoms with Gasteiger partial charge in [-0.05, 0) is 25.3 Å². The van der Waals surface area contributed by atoms with Gasteiger partial charge in [-0.25, -0.2) is 0 Å². The number of aliphatic imine (C=N–C) groups is 1. The molecule has 6 nitrogen and oxygen atoms in total. The third-order valence-corrected chi connectivity index (χ3v) is 5.52. The van der Waals surface area contributed by atoms with Gasteiger partial charge in [0.25, 0.3) is 0 Å². The van der Waals surface area contributed by atoms with Crippen molar-refractivity contribution in [2.45, 2.75) is 55.7 Å². The van der Waals surface area contributed by atoms with Crippen LogP contribution in [0.1, 0.15) is 18.9 Å². The van der Waals surface area contributed by atoms with Gasteiger partial charge in [0.05, 0.1) is 12.1 Å². The van der Waals surface area contributed by atoms with Crippen LogP contribution in [0.5, 0.6) is 0 Å². The molecule has 2 heterocycles. The van der Waals surface area contributed by atoms with E-state index in [0.29, 0.717) is 24.6 Å². The highest BCUT2D eigenvalue weighted by Gasteiger charge is 2.50. The first-order valence-electron chi connectivity index (χ1n) is 8.31. The average molecular weight is 352 g/mol. The standard InChI is InChI=1S/C17H24N2O4S/c1-2-18-17-19-12-13(21)14(22)15(23-16(12)24-17)11(20)9-8-10-6-4-3-5-7-10/h3-7,11-16,20-22H,2,8-9H2,1H3,(H,18,19)/t11-,12+,13+,14-,15+,16+/m0/s1. The Balaban J connectivity index is 1.62. The Bertz CT molecular complexity index is 571. The number of hydrogen-bond donors (Lipinski definition) is 4. The van der Waals surface area contributed by atoms with Crippen molar-refractivity contribution in [3.8, 4) is 0 Å². The summed E-state index contributed by atoms with van der Waals surface area (Å²) in [6.07, 6.45) is -2.64. The van der Waals surface area contributed by atoms with Crippen LogP contribution in [0.2, 0.25) is 0 Å². The molecule has 2 aliphatic rings. The molecule has 1 aromatic carbocycles. The van der Waals surface area contributed by atoms with E-state index in [4.69, 9.17) is 4.74 Å². The maximum absolute atomic E-state index is 10.5. The normalized spacial score (nSPS) is 35.5. The van der Waals surface area contributed by atoms with Gasteiger partial charge in [-0.1, -0.05) is 42.1 Å². The summed E-state index contributed by atoms with van der Waals surface area (Å²) < 4.78 is 5.88. The van der Waals surface area contributed by atoms with Crippen LogP contribution in [0.4, 0.5) is 0 Å². The van der Waals surface area contributed by atoms with Crippen LogP contribution in [0.3, 0.4) is 0 Å². The fourth-order valence-electron chi connectivity index (χ4n) is 3.10. The van der Waals surface area contributed by atoms with E-state index in [1.165, 1.54) is 11.8 Å². The van der Waals surface area contributed by atoms with Crippen LogP contribution in [-0.2, 0) is 11.2 Å².